The Bertz CT molecular complexity index is 571. The number of para-hydroxylation sites is 1. The Hall–Kier alpha value is -1.94. The van der Waals surface area contributed by atoms with Crippen molar-refractivity contribution >= 4 is 16.8 Å². The molecule has 0 aliphatic heterocycles. The fourth-order valence-electron chi connectivity index (χ4n) is 1.42. The number of ketones is 1. The molecule has 2 aromatic rings. The van der Waals surface area contributed by atoms with Gasteiger partial charge in [0.2, 0.25) is 0 Å². The number of fused-ring (bicyclic) bond motifs is 1. The Balaban J connectivity index is 2.79. The van der Waals surface area contributed by atoms with Crippen LogP contribution in [0.2, 0.25) is 0 Å². The lowest BCUT2D eigenvalue weighted by Crippen LogP contribution is -2.14. The van der Waals surface area contributed by atoms with Crippen LogP contribution in [0.1, 0.15) is 10.4 Å². The van der Waals surface area contributed by atoms with E-state index < -0.39 is 5.63 Å². The van der Waals surface area contributed by atoms with E-state index in [9.17, 15) is 9.59 Å². The summed E-state index contributed by atoms with van der Waals surface area (Å²) in [5.41, 5.74) is 5.45. The van der Waals surface area contributed by atoms with Crippen LogP contribution in [0.3, 0.4) is 0 Å². The fourth-order valence-corrected chi connectivity index (χ4v) is 1.42. The fraction of sp³-hybridized carbons (Fsp3) is 0.0909. The van der Waals surface area contributed by atoms with Crippen molar-refractivity contribution in [1.82, 2.24) is 0 Å². The van der Waals surface area contributed by atoms with Gasteiger partial charge in [0, 0.05) is 11.5 Å². The van der Waals surface area contributed by atoms with Gasteiger partial charge in [0.1, 0.15) is 5.58 Å². The molecule has 2 N–H and O–H groups in total. The van der Waals surface area contributed by atoms with Gasteiger partial charge in [-0.15, -0.1) is 0 Å². The molecule has 0 unspecified atom stereocenters. The first-order valence-corrected chi connectivity index (χ1v) is 4.48. The third kappa shape index (κ3) is 1.67. The molecule has 1 aromatic heterocycles. The van der Waals surface area contributed by atoms with Crippen molar-refractivity contribution < 1.29 is 9.21 Å². The van der Waals surface area contributed by atoms with E-state index in [1.807, 2.05) is 0 Å². The molecule has 0 atom stereocenters. The summed E-state index contributed by atoms with van der Waals surface area (Å²) < 4.78 is 4.98. The van der Waals surface area contributed by atoms with Crippen LogP contribution in [0.4, 0.5) is 0 Å². The molecule has 76 valence electrons. The Morgan fingerprint density at radius 1 is 1.27 bits per heavy atom. The zero-order valence-corrected chi connectivity index (χ0v) is 7.90. The predicted octanol–water partition coefficient (Wildman–Crippen LogP) is 0.934. The highest BCUT2D eigenvalue weighted by Crippen LogP contribution is 2.16. The molecule has 0 saturated carbocycles. The van der Waals surface area contributed by atoms with Gasteiger partial charge < -0.3 is 10.2 Å². The Labute approximate surface area is 85.3 Å². The first kappa shape index (κ1) is 9.61. The lowest BCUT2D eigenvalue weighted by atomic mass is 10.1. The van der Waals surface area contributed by atoms with Crippen LogP contribution in [0.15, 0.2) is 39.5 Å². The molecule has 4 nitrogen and oxygen atoms in total. The monoisotopic (exact) mass is 203 g/mol. The molecule has 0 saturated heterocycles. The summed E-state index contributed by atoms with van der Waals surface area (Å²) in [5, 5.41) is 0.717. The highest BCUT2D eigenvalue weighted by Gasteiger charge is 2.10. The number of hydrogen-bond acceptors (Lipinski definition) is 4. The molecule has 0 amide bonds. The molecule has 0 bridgehead atoms. The Morgan fingerprint density at radius 2 is 2.07 bits per heavy atom. The third-order valence-electron chi connectivity index (χ3n) is 2.13. The summed E-state index contributed by atoms with van der Waals surface area (Å²) in [6.45, 7) is -0.0995. The highest BCUT2D eigenvalue weighted by atomic mass is 16.4. The molecule has 15 heavy (non-hydrogen) atoms. The van der Waals surface area contributed by atoms with E-state index in [0.29, 0.717) is 16.5 Å². The SMILES string of the molecule is NCC(=O)c1cccc2ccc(=O)oc12. The molecule has 1 heterocycles. The third-order valence-corrected chi connectivity index (χ3v) is 2.13. The van der Waals surface area contributed by atoms with Crippen molar-refractivity contribution in [2.24, 2.45) is 5.73 Å². The maximum absolute atomic E-state index is 11.5. The molecule has 2 rings (SSSR count). The van der Waals surface area contributed by atoms with Crippen LogP contribution in [0.25, 0.3) is 11.0 Å². The van der Waals surface area contributed by atoms with E-state index in [4.69, 9.17) is 10.2 Å². The summed E-state index contributed by atoms with van der Waals surface area (Å²) in [6, 6.07) is 8.03. The first-order valence-electron chi connectivity index (χ1n) is 4.48. The van der Waals surface area contributed by atoms with Gasteiger partial charge in [-0.2, -0.15) is 0 Å². The van der Waals surface area contributed by atoms with Crippen LogP contribution < -0.4 is 11.4 Å². The predicted molar refractivity (Wildman–Crippen MR) is 55.9 cm³/mol. The van der Waals surface area contributed by atoms with Crippen LogP contribution in [0.5, 0.6) is 0 Å². The number of carbonyl (C=O) groups excluding carboxylic acids is 1. The number of Topliss-reactive ketones (excluding diaryl/α,β-unsaturated/α-hetero) is 1. The zero-order chi connectivity index (χ0) is 10.8. The lowest BCUT2D eigenvalue weighted by molar-refractivity contribution is 0.100. The van der Waals surface area contributed by atoms with Gasteiger partial charge in [0.15, 0.2) is 5.78 Å². The summed E-state index contributed by atoms with van der Waals surface area (Å²) in [6.07, 6.45) is 0. The van der Waals surface area contributed by atoms with Gasteiger partial charge in [-0.1, -0.05) is 12.1 Å². The molecule has 0 spiro atoms. The second-order valence-corrected chi connectivity index (χ2v) is 3.11. The number of carbonyl (C=O) groups is 1. The molecule has 4 heteroatoms. The van der Waals surface area contributed by atoms with Crippen molar-refractivity contribution in [2.45, 2.75) is 0 Å². The first-order chi connectivity index (χ1) is 7.22. The average Bonchev–Trinajstić information content (AvgIpc) is 2.27. The Morgan fingerprint density at radius 3 is 2.80 bits per heavy atom. The van der Waals surface area contributed by atoms with E-state index in [1.54, 1.807) is 24.3 Å². The second-order valence-electron chi connectivity index (χ2n) is 3.11. The molecule has 0 aliphatic rings. The molecule has 0 radical (unpaired) electrons. The van der Waals surface area contributed by atoms with Gasteiger partial charge in [-0.25, -0.2) is 4.79 Å². The topological polar surface area (TPSA) is 73.3 Å². The summed E-state index contributed by atoms with van der Waals surface area (Å²) in [7, 11) is 0. The number of nitrogens with two attached hydrogens (primary N) is 1. The van der Waals surface area contributed by atoms with Gasteiger partial charge in [-0.05, 0) is 12.1 Å². The Kier molecular flexibility index (Phi) is 2.35. The zero-order valence-electron chi connectivity index (χ0n) is 7.90. The van der Waals surface area contributed by atoms with E-state index in [2.05, 4.69) is 0 Å². The maximum Gasteiger partial charge on any atom is 0.336 e. The number of hydrogen-bond donors (Lipinski definition) is 1. The number of benzene rings is 1. The van der Waals surface area contributed by atoms with Gasteiger partial charge in [0.05, 0.1) is 12.1 Å². The van der Waals surface area contributed by atoms with Crippen molar-refractivity contribution in [3.63, 3.8) is 0 Å². The van der Waals surface area contributed by atoms with Crippen LogP contribution in [0, 0.1) is 0 Å². The highest BCUT2D eigenvalue weighted by molar-refractivity contribution is 6.06. The van der Waals surface area contributed by atoms with Gasteiger partial charge in [-0.3, -0.25) is 4.79 Å². The minimum Gasteiger partial charge on any atom is -0.422 e. The molecular weight excluding hydrogens is 194 g/mol. The van der Waals surface area contributed by atoms with Crippen molar-refractivity contribution in [2.75, 3.05) is 6.54 Å². The van der Waals surface area contributed by atoms with Crippen LogP contribution in [-0.4, -0.2) is 12.3 Å². The summed E-state index contributed by atoms with van der Waals surface area (Å²) >= 11 is 0. The normalized spacial score (nSPS) is 10.5. The largest absolute Gasteiger partial charge is 0.422 e. The quantitative estimate of drug-likeness (QED) is 0.582. The maximum atomic E-state index is 11.5. The molecule has 0 aliphatic carbocycles. The van der Waals surface area contributed by atoms with Gasteiger partial charge >= 0.3 is 5.63 Å². The number of rotatable bonds is 2. The van der Waals surface area contributed by atoms with Crippen LogP contribution >= 0.6 is 0 Å². The van der Waals surface area contributed by atoms with Crippen molar-refractivity contribution in [3.05, 3.63) is 46.3 Å². The smallest absolute Gasteiger partial charge is 0.336 e. The molecule has 0 fully saturated rings. The standard InChI is InChI=1S/C11H9NO3/c12-6-9(13)8-3-1-2-7-4-5-10(14)15-11(7)8/h1-5H,6,12H2. The van der Waals surface area contributed by atoms with E-state index in [1.165, 1.54) is 6.07 Å². The summed E-state index contributed by atoms with van der Waals surface area (Å²) in [5.74, 6) is -0.241. The average molecular weight is 203 g/mol. The van der Waals surface area contributed by atoms with Crippen molar-refractivity contribution in [1.29, 1.82) is 0 Å². The van der Waals surface area contributed by atoms with Crippen molar-refractivity contribution in [3.8, 4) is 0 Å². The van der Waals surface area contributed by atoms with E-state index >= 15 is 0 Å². The minimum absolute atomic E-state index is 0.0995. The lowest BCUT2D eigenvalue weighted by Gasteiger charge is -2.01. The summed E-state index contributed by atoms with van der Waals surface area (Å²) in [4.78, 5) is 22.5. The van der Waals surface area contributed by atoms with Gasteiger partial charge in [0.25, 0.3) is 0 Å². The molecular formula is C11H9NO3. The van der Waals surface area contributed by atoms with E-state index in [-0.39, 0.29) is 12.3 Å². The van der Waals surface area contributed by atoms with E-state index in [0.717, 1.165) is 0 Å². The van der Waals surface area contributed by atoms with Crippen LogP contribution in [-0.2, 0) is 0 Å². The molecule has 1 aromatic carbocycles. The minimum atomic E-state index is -0.472. The second kappa shape index (κ2) is 3.67.